The molecule has 190 valence electrons. The van der Waals surface area contributed by atoms with E-state index in [1.54, 1.807) is 21.1 Å². The molecule has 0 spiro atoms. The van der Waals surface area contributed by atoms with Gasteiger partial charge in [-0.1, -0.05) is 30.3 Å². The summed E-state index contributed by atoms with van der Waals surface area (Å²) in [4.78, 5) is 27.0. The van der Waals surface area contributed by atoms with Crippen LogP contribution in [0.5, 0.6) is 17.2 Å². The topological polar surface area (TPSA) is 83.1 Å². The van der Waals surface area contributed by atoms with Gasteiger partial charge in [-0.25, -0.2) is 4.79 Å². The SMILES string of the molecule is CCOC(=O)C1=C(C)NC2=CC(c3ccc(OC)c(OC)c3)CC(=O)C2C1c1ccccc1OCC. The lowest BCUT2D eigenvalue weighted by molar-refractivity contribution is -0.139. The molecule has 0 fully saturated rings. The molecule has 0 aromatic heterocycles. The third-order valence-electron chi connectivity index (χ3n) is 6.75. The zero-order valence-corrected chi connectivity index (χ0v) is 21.4. The van der Waals surface area contributed by atoms with E-state index in [2.05, 4.69) is 11.4 Å². The number of para-hydroxylation sites is 1. The van der Waals surface area contributed by atoms with Gasteiger partial charge in [0.1, 0.15) is 11.5 Å². The molecule has 1 heterocycles. The zero-order valence-electron chi connectivity index (χ0n) is 21.4. The summed E-state index contributed by atoms with van der Waals surface area (Å²) in [7, 11) is 3.19. The van der Waals surface area contributed by atoms with Gasteiger partial charge < -0.3 is 24.3 Å². The van der Waals surface area contributed by atoms with Crippen LogP contribution >= 0.6 is 0 Å². The Labute approximate surface area is 212 Å². The lowest BCUT2D eigenvalue weighted by Gasteiger charge is -2.40. The van der Waals surface area contributed by atoms with E-state index in [1.807, 2.05) is 56.3 Å². The van der Waals surface area contributed by atoms with Crippen molar-refractivity contribution in [3.8, 4) is 17.2 Å². The molecule has 2 aromatic carbocycles. The Morgan fingerprint density at radius 1 is 0.972 bits per heavy atom. The minimum absolute atomic E-state index is 0.0467. The molecule has 1 aliphatic carbocycles. The van der Waals surface area contributed by atoms with Crippen LogP contribution in [0.3, 0.4) is 0 Å². The van der Waals surface area contributed by atoms with Crippen molar-refractivity contribution in [2.75, 3.05) is 27.4 Å². The van der Waals surface area contributed by atoms with Crippen molar-refractivity contribution in [3.63, 3.8) is 0 Å². The summed E-state index contributed by atoms with van der Waals surface area (Å²) in [5, 5.41) is 3.36. The van der Waals surface area contributed by atoms with Gasteiger partial charge in [-0.15, -0.1) is 0 Å². The summed E-state index contributed by atoms with van der Waals surface area (Å²) in [5.41, 5.74) is 3.68. The van der Waals surface area contributed by atoms with Crippen molar-refractivity contribution in [1.29, 1.82) is 0 Å². The number of ether oxygens (including phenoxy) is 4. The van der Waals surface area contributed by atoms with Crippen molar-refractivity contribution in [1.82, 2.24) is 5.32 Å². The van der Waals surface area contributed by atoms with Crippen molar-refractivity contribution in [3.05, 3.63) is 76.6 Å². The molecule has 7 heteroatoms. The molecule has 4 rings (SSSR count). The third-order valence-corrected chi connectivity index (χ3v) is 6.75. The molecule has 3 unspecified atom stereocenters. The van der Waals surface area contributed by atoms with E-state index in [0.29, 0.717) is 41.5 Å². The molecule has 36 heavy (non-hydrogen) atoms. The van der Waals surface area contributed by atoms with Crippen LogP contribution in [-0.4, -0.2) is 39.2 Å². The fraction of sp³-hybridized carbons (Fsp3) is 0.379. The quantitative estimate of drug-likeness (QED) is 0.527. The molecular formula is C29H33NO6. The first-order valence-electron chi connectivity index (χ1n) is 12.3. The van der Waals surface area contributed by atoms with Crippen LogP contribution in [0.25, 0.3) is 0 Å². The lowest BCUT2D eigenvalue weighted by Crippen LogP contribution is -2.42. The zero-order chi connectivity index (χ0) is 25.8. The summed E-state index contributed by atoms with van der Waals surface area (Å²) >= 11 is 0. The average molecular weight is 492 g/mol. The number of benzene rings is 2. The second kappa shape index (κ2) is 10.9. The number of allylic oxidation sites excluding steroid dienone is 3. The molecule has 7 nitrogen and oxygen atoms in total. The van der Waals surface area contributed by atoms with Crippen LogP contribution in [-0.2, 0) is 14.3 Å². The van der Waals surface area contributed by atoms with Gasteiger partial charge in [0, 0.05) is 35.2 Å². The Morgan fingerprint density at radius 2 is 1.72 bits per heavy atom. The molecular weight excluding hydrogens is 458 g/mol. The van der Waals surface area contributed by atoms with Crippen LogP contribution in [0.2, 0.25) is 0 Å². The molecule has 1 N–H and O–H groups in total. The number of methoxy groups -OCH3 is 2. The van der Waals surface area contributed by atoms with Crippen molar-refractivity contribution in [2.45, 2.75) is 39.0 Å². The Hall–Kier alpha value is -3.74. The van der Waals surface area contributed by atoms with E-state index in [1.165, 1.54) is 0 Å². The van der Waals surface area contributed by atoms with Crippen molar-refractivity contribution < 1.29 is 28.5 Å². The van der Waals surface area contributed by atoms with Crippen LogP contribution in [0.4, 0.5) is 0 Å². The molecule has 2 aromatic rings. The Morgan fingerprint density at radius 3 is 2.42 bits per heavy atom. The molecule has 0 amide bonds. The van der Waals surface area contributed by atoms with E-state index >= 15 is 0 Å². The predicted molar refractivity (Wildman–Crippen MR) is 136 cm³/mol. The highest BCUT2D eigenvalue weighted by molar-refractivity contribution is 5.96. The van der Waals surface area contributed by atoms with Crippen LogP contribution in [0, 0.1) is 5.92 Å². The van der Waals surface area contributed by atoms with Gasteiger partial charge in [0.15, 0.2) is 11.5 Å². The van der Waals surface area contributed by atoms with Gasteiger partial charge in [0.05, 0.1) is 38.9 Å². The molecule has 0 saturated heterocycles. The Kier molecular flexibility index (Phi) is 7.67. The van der Waals surface area contributed by atoms with E-state index in [4.69, 9.17) is 18.9 Å². The Bertz CT molecular complexity index is 1210. The second-order valence-corrected chi connectivity index (χ2v) is 8.82. The summed E-state index contributed by atoms with van der Waals surface area (Å²) in [6.07, 6.45) is 2.39. The number of carbonyl (C=O) groups excluding carboxylic acids is 2. The van der Waals surface area contributed by atoms with Gasteiger partial charge >= 0.3 is 5.97 Å². The highest BCUT2D eigenvalue weighted by Gasteiger charge is 2.46. The number of hydrogen-bond donors (Lipinski definition) is 1. The first kappa shape index (κ1) is 25.4. The van der Waals surface area contributed by atoms with E-state index in [-0.39, 0.29) is 18.3 Å². The minimum atomic E-state index is -0.550. The van der Waals surface area contributed by atoms with E-state index in [0.717, 1.165) is 16.8 Å². The van der Waals surface area contributed by atoms with Gasteiger partial charge in [-0.3, -0.25) is 4.79 Å². The van der Waals surface area contributed by atoms with Gasteiger partial charge in [-0.2, -0.15) is 0 Å². The number of Topliss-reactive ketones (excluding diaryl/α,β-unsaturated/α-hetero) is 1. The highest BCUT2D eigenvalue weighted by atomic mass is 16.5. The smallest absolute Gasteiger partial charge is 0.336 e. The van der Waals surface area contributed by atoms with Crippen molar-refractivity contribution in [2.24, 2.45) is 5.92 Å². The second-order valence-electron chi connectivity index (χ2n) is 8.82. The molecule has 0 bridgehead atoms. The van der Waals surface area contributed by atoms with Gasteiger partial charge in [-0.05, 0) is 44.5 Å². The third kappa shape index (κ3) is 4.70. The number of hydrogen-bond acceptors (Lipinski definition) is 7. The number of ketones is 1. The number of carbonyl (C=O) groups is 2. The van der Waals surface area contributed by atoms with Crippen molar-refractivity contribution >= 4 is 11.8 Å². The number of rotatable bonds is 8. The Balaban J connectivity index is 1.83. The first-order chi connectivity index (χ1) is 17.4. The monoisotopic (exact) mass is 491 g/mol. The van der Waals surface area contributed by atoms with Crippen LogP contribution < -0.4 is 19.5 Å². The fourth-order valence-corrected chi connectivity index (χ4v) is 5.21. The molecule has 0 saturated carbocycles. The van der Waals surface area contributed by atoms with Gasteiger partial charge in [0.2, 0.25) is 0 Å². The maximum atomic E-state index is 13.8. The summed E-state index contributed by atoms with van der Waals surface area (Å²) in [5.74, 6) is 0.327. The largest absolute Gasteiger partial charge is 0.494 e. The van der Waals surface area contributed by atoms with Crippen LogP contribution in [0.15, 0.2) is 65.5 Å². The lowest BCUT2D eigenvalue weighted by atomic mass is 9.68. The minimum Gasteiger partial charge on any atom is -0.494 e. The standard InChI is InChI=1S/C29H33NO6/c1-6-35-23-11-9-8-10-20(23)27-26(29(32)36-7-2)17(3)30-21-14-19(15-22(31)28(21)27)18-12-13-24(33-4)25(16-18)34-5/h8-14,16,19,27-28,30H,6-7,15H2,1-5H3. The molecule has 2 aliphatic rings. The summed E-state index contributed by atoms with van der Waals surface area (Å²) in [6.45, 7) is 6.26. The first-order valence-corrected chi connectivity index (χ1v) is 12.3. The van der Waals surface area contributed by atoms with E-state index in [9.17, 15) is 9.59 Å². The normalized spacial score (nSPS) is 21.2. The summed E-state index contributed by atoms with van der Waals surface area (Å²) < 4.78 is 22.2. The number of esters is 1. The molecule has 3 atom stereocenters. The van der Waals surface area contributed by atoms with Gasteiger partial charge in [0.25, 0.3) is 0 Å². The maximum absolute atomic E-state index is 13.8. The summed E-state index contributed by atoms with van der Waals surface area (Å²) in [6, 6.07) is 13.3. The van der Waals surface area contributed by atoms with Crippen LogP contribution in [0.1, 0.15) is 50.2 Å². The fourth-order valence-electron chi connectivity index (χ4n) is 5.21. The number of nitrogens with one attached hydrogen (secondary N) is 1. The maximum Gasteiger partial charge on any atom is 0.336 e. The predicted octanol–water partition coefficient (Wildman–Crippen LogP) is 4.88. The number of fused-ring (bicyclic) bond motifs is 1. The van der Waals surface area contributed by atoms with E-state index < -0.39 is 17.8 Å². The highest BCUT2D eigenvalue weighted by Crippen LogP contribution is 2.48. The molecule has 1 aliphatic heterocycles. The average Bonchev–Trinajstić information content (AvgIpc) is 2.88. The molecule has 0 radical (unpaired) electrons.